The second kappa shape index (κ2) is 6.20. The molecule has 1 aromatic carbocycles. The van der Waals surface area contributed by atoms with E-state index >= 15 is 0 Å². The molecule has 1 atom stereocenters. The molecule has 0 spiro atoms. The quantitative estimate of drug-likeness (QED) is 0.681. The molecule has 0 radical (unpaired) electrons. The highest BCUT2D eigenvalue weighted by molar-refractivity contribution is 7.19. The van der Waals surface area contributed by atoms with Crippen LogP contribution in [0.25, 0.3) is 10.2 Å². The average Bonchev–Trinajstić information content (AvgIpc) is 3.09. The molecule has 3 nitrogen and oxygen atoms in total. The van der Waals surface area contributed by atoms with Crippen LogP contribution in [0, 0.1) is 6.92 Å². The fourth-order valence-electron chi connectivity index (χ4n) is 2.94. The number of rotatable bonds is 4. The van der Waals surface area contributed by atoms with Crippen LogP contribution in [0.2, 0.25) is 0 Å². The molecule has 23 heavy (non-hydrogen) atoms. The molecule has 2 heterocycles. The van der Waals surface area contributed by atoms with Crippen LogP contribution >= 0.6 is 11.3 Å². The summed E-state index contributed by atoms with van der Waals surface area (Å²) in [5.41, 5.74) is 3.13. The molecule has 0 saturated carbocycles. The summed E-state index contributed by atoms with van der Waals surface area (Å²) < 4.78 is 3.36. The highest BCUT2D eigenvalue weighted by atomic mass is 32.1. The minimum atomic E-state index is 0.0799. The van der Waals surface area contributed by atoms with Crippen LogP contribution in [-0.2, 0) is 0 Å². The number of hydrogen-bond acceptors (Lipinski definition) is 2. The Labute approximate surface area is 141 Å². The first-order valence-corrected chi connectivity index (χ1v) is 8.76. The van der Waals surface area contributed by atoms with Gasteiger partial charge >= 0.3 is 0 Å². The van der Waals surface area contributed by atoms with E-state index in [1.807, 2.05) is 38.2 Å². The molecule has 3 rings (SSSR count). The predicted molar refractivity (Wildman–Crippen MR) is 97.4 cm³/mol. The summed E-state index contributed by atoms with van der Waals surface area (Å²) in [5, 5.41) is 0. The third-order valence-electron chi connectivity index (χ3n) is 4.36. The van der Waals surface area contributed by atoms with Gasteiger partial charge in [0, 0.05) is 18.5 Å². The van der Waals surface area contributed by atoms with Gasteiger partial charge in [0.25, 0.3) is 5.91 Å². The normalized spacial score (nSPS) is 12.5. The minimum absolute atomic E-state index is 0.0799. The van der Waals surface area contributed by atoms with Crippen LogP contribution in [0.3, 0.4) is 0 Å². The van der Waals surface area contributed by atoms with Crippen LogP contribution < -0.4 is 0 Å². The lowest BCUT2D eigenvalue weighted by Gasteiger charge is -2.21. The number of aromatic nitrogens is 1. The van der Waals surface area contributed by atoms with E-state index in [-0.39, 0.29) is 11.9 Å². The van der Waals surface area contributed by atoms with E-state index in [9.17, 15) is 4.79 Å². The Morgan fingerprint density at radius 1 is 1.26 bits per heavy atom. The molecule has 2 aromatic heterocycles. The van der Waals surface area contributed by atoms with E-state index in [0.29, 0.717) is 6.54 Å². The molecule has 0 N–H and O–H groups in total. The lowest BCUT2D eigenvalue weighted by Crippen LogP contribution is -2.29. The molecule has 3 aromatic rings. The molecule has 0 unspecified atom stereocenters. The number of thiophene rings is 1. The maximum Gasteiger partial charge on any atom is 0.270 e. The summed E-state index contributed by atoms with van der Waals surface area (Å²) in [6.45, 7) is 6.97. The van der Waals surface area contributed by atoms with Gasteiger partial charge in [0.1, 0.15) is 5.69 Å². The van der Waals surface area contributed by atoms with Gasteiger partial charge in [-0.1, -0.05) is 30.3 Å². The van der Waals surface area contributed by atoms with Gasteiger partial charge < -0.3 is 9.47 Å². The van der Waals surface area contributed by atoms with Crippen LogP contribution in [0.5, 0.6) is 0 Å². The Bertz CT molecular complexity index is 832. The Kier molecular flexibility index (Phi) is 4.26. The number of benzene rings is 1. The number of hydrogen-bond donors (Lipinski definition) is 0. The van der Waals surface area contributed by atoms with E-state index in [4.69, 9.17) is 0 Å². The van der Waals surface area contributed by atoms with E-state index in [2.05, 4.69) is 36.6 Å². The summed E-state index contributed by atoms with van der Waals surface area (Å²) in [5.74, 6) is 0.0799. The standard InChI is InChI=1S/C19H22N2OS/c1-5-20(4)19(22)17-12-18-16(11-13(2)23-18)21(17)14(3)15-9-7-6-8-10-15/h6-12,14H,5H2,1-4H3/t14-/m0/s1. The molecular weight excluding hydrogens is 304 g/mol. The van der Waals surface area contributed by atoms with Crippen molar-refractivity contribution in [2.45, 2.75) is 26.8 Å². The van der Waals surface area contributed by atoms with Gasteiger partial charge in [0.2, 0.25) is 0 Å². The van der Waals surface area contributed by atoms with E-state index in [1.54, 1.807) is 16.2 Å². The molecule has 0 bridgehead atoms. The third-order valence-corrected chi connectivity index (χ3v) is 5.35. The van der Waals surface area contributed by atoms with Crippen molar-refractivity contribution in [2.75, 3.05) is 13.6 Å². The minimum Gasteiger partial charge on any atom is -0.341 e. The molecule has 0 saturated heterocycles. The maximum atomic E-state index is 12.8. The average molecular weight is 326 g/mol. The van der Waals surface area contributed by atoms with Gasteiger partial charge in [0.15, 0.2) is 0 Å². The van der Waals surface area contributed by atoms with E-state index in [1.165, 1.54) is 15.1 Å². The largest absolute Gasteiger partial charge is 0.341 e. The Hall–Kier alpha value is -2.07. The molecule has 0 aliphatic carbocycles. The second-order valence-electron chi connectivity index (χ2n) is 5.91. The Balaban J connectivity index is 2.17. The highest BCUT2D eigenvalue weighted by Crippen LogP contribution is 2.33. The third kappa shape index (κ3) is 2.79. The fourth-order valence-corrected chi connectivity index (χ4v) is 3.89. The first-order chi connectivity index (χ1) is 11.0. The second-order valence-corrected chi connectivity index (χ2v) is 7.20. The van der Waals surface area contributed by atoms with Crippen molar-refractivity contribution in [1.29, 1.82) is 0 Å². The van der Waals surface area contributed by atoms with Crippen LogP contribution in [-0.4, -0.2) is 29.0 Å². The molecule has 0 fully saturated rings. The van der Waals surface area contributed by atoms with Crippen molar-refractivity contribution in [3.05, 3.63) is 58.6 Å². The lowest BCUT2D eigenvalue weighted by atomic mass is 10.1. The number of aryl methyl sites for hydroxylation is 1. The number of amides is 1. The zero-order valence-corrected chi connectivity index (χ0v) is 14.9. The van der Waals surface area contributed by atoms with Gasteiger partial charge in [-0.15, -0.1) is 11.3 Å². The summed E-state index contributed by atoms with van der Waals surface area (Å²) in [6.07, 6.45) is 0. The first-order valence-electron chi connectivity index (χ1n) is 7.94. The number of carbonyl (C=O) groups is 1. The van der Waals surface area contributed by atoms with Crippen molar-refractivity contribution < 1.29 is 4.79 Å². The zero-order valence-electron chi connectivity index (χ0n) is 14.0. The summed E-state index contributed by atoms with van der Waals surface area (Å²) >= 11 is 1.74. The topological polar surface area (TPSA) is 25.2 Å². The van der Waals surface area contributed by atoms with Gasteiger partial charge in [-0.2, -0.15) is 0 Å². The monoisotopic (exact) mass is 326 g/mol. The number of carbonyl (C=O) groups excluding carboxylic acids is 1. The van der Waals surface area contributed by atoms with Crippen molar-refractivity contribution in [2.24, 2.45) is 0 Å². The summed E-state index contributed by atoms with van der Waals surface area (Å²) in [6, 6.07) is 14.7. The molecule has 0 aliphatic heterocycles. The van der Waals surface area contributed by atoms with Gasteiger partial charge in [0.05, 0.1) is 16.3 Å². The highest BCUT2D eigenvalue weighted by Gasteiger charge is 2.23. The van der Waals surface area contributed by atoms with Gasteiger partial charge in [-0.3, -0.25) is 4.79 Å². The van der Waals surface area contributed by atoms with Gasteiger partial charge in [-0.25, -0.2) is 0 Å². The SMILES string of the molecule is CCN(C)C(=O)c1cc2sc(C)cc2n1[C@@H](C)c1ccccc1. The summed E-state index contributed by atoms with van der Waals surface area (Å²) in [4.78, 5) is 15.8. The number of nitrogens with zero attached hydrogens (tertiary/aromatic N) is 2. The van der Waals surface area contributed by atoms with Crippen molar-refractivity contribution in [3.63, 3.8) is 0 Å². The lowest BCUT2D eigenvalue weighted by molar-refractivity contribution is 0.0791. The van der Waals surface area contributed by atoms with E-state index < -0.39 is 0 Å². The van der Waals surface area contributed by atoms with Crippen molar-refractivity contribution >= 4 is 27.5 Å². The van der Waals surface area contributed by atoms with Crippen LogP contribution in [0.15, 0.2) is 42.5 Å². The van der Waals surface area contributed by atoms with Crippen molar-refractivity contribution in [3.8, 4) is 0 Å². The Morgan fingerprint density at radius 2 is 1.96 bits per heavy atom. The molecular formula is C19H22N2OS. The van der Waals surface area contributed by atoms with Crippen LogP contribution in [0.4, 0.5) is 0 Å². The first kappa shape index (κ1) is 15.8. The fraction of sp³-hybridized carbons (Fsp3) is 0.316. The molecule has 4 heteroatoms. The molecule has 1 amide bonds. The summed E-state index contributed by atoms with van der Waals surface area (Å²) in [7, 11) is 1.85. The zero-order chi connectivity index (χ0) is 16.6. The van der Waals surface area contributed by atoms with Crippen molar-refractivity contribution in [1.82, 2.24) is 9.47 Å². The van der Waals surface area contributed by atoms with Crippen LogP contribution in [0.1, 0.15) is 40.8 Å². The predicted octanol–water partition coefficient (Wildman–Crippen LogP) is 4.71. The maximum absolute atomic E-state index is 12.8. The molecule has 120 valence electrons. The van der Waals surface area contributed by atoms with Gasteiger partial charge in [-0.05, 0) is 38.5 Å². The smallest absolute Gasteiger partial charge is 0.270 e. The molecule has 0 aliphatic rings. The van der Waals surface area contributed by atoms with E-state index in [0.717, 1.165) is 11.2 Å². The number of fused-ring (bicyclic) bond motifs is 1. The Morgan fingerprint density at radius 3 is 2.61 bits per heavy atom.